The van der Waals surface area contributed by atoms with Crippen LogP contribution in [-0.4, -0.2) is 18.0 Å². The van der Waals surface area contributed by atoms with Crippen LogP contribution < -0.4 is 14.8 Å². The zero-order valence-corrected chi connectivity index (χ0v) is 18.2. The molecule has 1 saturated carbocycles. The van der Waals surface area contributed by atoms with Gasteiger partial charge in [-0.15, -0.1) is 0 Å². The van der Waals surface area contributed by atoms with Crippen molar-refractivity contribution in [3.8, 4) is 11.5 Å². The van der Waals surface area contributed by atoms with Gasteiger partial charge in [0.05, 0.1) is 12.5 Å². The minimum Gasteiger partial charge on any atom is -0.493 e. The highest BCUT2D eigenvalue weighted by Gasteiger charge is 2.42. The van der Waals surface area contributed by atoms with Crippen LogP contribution in [0.3, 0.4) is 0 Å². The van der Waals surface area contributed by atoms with Crippen molar-refractivity contribution in [2.75, 3.05) is 12.4 Å². The quantitative estimate of drug-likeness (QED) is 0.510. The largest absolute Gasteiger partial charge is 0.493 e. The topological polar surface area (TPSA) is 60.5 Å². The third kappa shape index (κ3) is 4.67. The fourth-order valence-corrected chi connectivity index (χ4v) is 4.36. The number of carbonyl (C=O) groups is 1. The van der Waals surface area contributed by atoms with Gasteiger partial charge < -0.3 is 14.8 Å². The Hall–Kier alpha value is -3.05. The number of hydrogen-bond acceptors (Lipinski definition) is 4. The van der Waals surface area contributed by atoms with E-state index in [4.69, 9.17) is 21.1 Å². The first-order valence-electron chi connectivity index (χ1n) is 10.4. The Morgan fingerprint density at radius 3 is 2.65 bits per heavy atom. The van der Waals surface area contributed by atoms with Crippen molar-refractivity contribution < 1.29 is 14.3 Å². The molecule has 1 aliphatic carbocycles. The summed E-state index contributed by atoms with van der Waals surface area (Å²) in [6.07, 6.45) is 7.12. The molecule has 6 heteroatoms. The molecule has 4 rings (SSSR count). The number of halogens is 1. The summed E-state index contributed by atoms with van der Waals surface area (Å²) in [6.45, 7) is 0.355. The van der Waals surface area contributed by atoms with Crippen LogP contribution in [0.2, 0.25) is 5.02 Å². The minimum absolute atomic E-state index is 0.0179. The Balaban J connectivity index is 1.55. The van der Waals surface area contributed by atoms with E-state index in [0.717, 1.165) is 36.8 Å². The number of hydrogen-bond donors (Lipinski definition) is 1. The van der Waals surface area contributed by atoms with Gasteiger partial charge >= 0.3 is 0 Å². The van der Waals surface area contributed by atoms with Crippen LogP contribution in [0.4, 0.5) is 5.69 Å². The second-order valence-electron chi connectivity index (χ2n) is 7.77. The third-order valence-electron chi connectivity index (χ3n) is 5.81. The summed E-state index contributed by atoms with van der Waals surface area (Å²) in [5, 5.41) is 3.75. The van der Waals surface area contributed by atoms with Crippen LogP contribution in [0.15, 0.2) is 67.0 Å². The second-order valence-corrected chi connectivity index (χ2v) is 8.21. The molecule has 1 heterocycles. The number of anilines is 1. The molecule has 0 saturated heterocycles. The van der Waals surface area contributed by atoms with E-state index in [0.29, 0.717) is 28.8 Å². The molecule has 31 heavy (non-hydrogen) atoms. The van der Waals surface area contributed by atoms with Gasteiger partial charge in [-0.3, -0.25) is 9.78 Å². The van der Waals surface area contributed by atoms with Crippen molar-refractivity contribution in [1.82, 2.24) is 4.98 Å². The number of carbonyl (C=O) groups excluding carboxylic acids is 1. The van der Waals surface area contributed by atoms with Gasteiger partial charge in [0.15, 0.2) is 11.5 Å². The minimum atomic E-state index is -0.568. The Morgan fingerprint density at radius 1 is 1.10 bits per heavy atom. The Morgan fingerprint density at radius 2 is 1.94 bits per heavy atom. The fourth-order valence-electron chi connectivity index (χ4n) is 4.17. The number of methoxy groups -OCH3 is 1. The number of nitrogens with zero attached hydrogens (tertiary/aromatic N) is 1. The van der Waals surface area contributed by atoms with E-state index in [1.54, 1.807) is 31.6 Å². The summed E-state index contributed by atoms with van der Waals surface area (Å²) < 4.78 is 11.4. The summed E-state index contributed by atoms with van der Waals surface area (Å²) in [4.78, 5) is 17.6. The van der Waals surface area contributed by atoms with Crippen LogP contribution in [0.5, 0.6) is 11.5 Å². The zero-order valence-electron chi connectivity index (χ0n) is 17.4. The summed E-state index contributed by atoms with van der Waals surface area (Å²) in [5.74, 6) is 1.15. The molecule has 0 spiro atoms. The first-order valence-corrected chi connectivity index (χ1v) is 10.8. The molecule has 0 atom stereocenters. The van der Waals surface area contributed by atoms with E-state index < -0.39 is 5.41 Å². The molecule has 1 aliphatic rings. The standard InChI is InChI=1S/C25H25ClN2O3/c1-30-22-10-9-21(15-23(22)31-17-18-6-5-13-27-16-18)28-24(29)25(11-2-3-12-25)19-7-4-8-20(26)14-19/h4-10,13-16H,2-3,11-12,17H2,1H3,(H,28,29). The average Bonchev–Trinajstić information content (AvgIpc) is 3.30. The van der Waals surface area contributed by atoms with Gasteiger partial charge in [0.25, 0.3) is 0 Å². The molecular formula is C25H25ClN2O3. The lowest BCUT2D eigenvalue weighted by atomic mass is 9.78. The molecular weight excluding hydrogens is 412 g/mol. The molecule has 2 aromatic carbocycles. The van der Waals surface area contributed by atoms with Gasteiger partial charge in [-0.25, -0.2) is 0 Å². The van der Waals surface area contributed by atoms with Gasteiger partial charge in [0.2, 0.25) is 5.91 Å². The second kappa shape index (κ2) is 9.40. The van der Waals surface area contributed by atoms with Gasteiger partial charge in [0, 0.05) is 34.7 Å². The zero-order chi connectivity index (χ0) is 21.7. The number of amides is 1. The van der Waals surface area contributed by atoms with Crippen molar-refractivity contribution in [3.63, 3.8) is 0 Å². The number of ether oxygens (including phenoxy) is 2. The van der Waals surface area contributed by atoms with Crippen molar-refractivity contribution >= 4 is 23.2 Å². The smallest absolute Gasteiger partial charge is 0.235 e. The summed E-state index contributed by atoms with van der Waals surface area (Å²) in [6, 6.07) is 16.9. The lowest BCUT2D eigenvalue weighted by molar-refractivity contribution is -0.121. The molecule has 0 bridgehead atoms. The Bertz CT molecular complexity index is 1050. The third-order valence-corrected chi connectivity index (χ3v) is 6.04. The van der Waals surface area contributed by atoms with Crippen molar-refractivity contribution in [3.05, 3.63) is 83.1 Å². The maximum atomic E-state index is 13.5. The molecule has 3 aromatic rings. The number of nitrogens with one attached hydrogen (secondary N) is 1. The number of benzene rings is 2. The maximum absolute atomic E-state index is 13.5. The number of pyridine rings is 1. The van der Waals surface area contributed by atoms with Crippen molar-refractivity contribution in [2.24, 2.45) is 0 Å². The van der Waals surface area contributed by atoms with Gasteiger partial charge in [-0.2, -0.15) is 0 Å². The van der Waals surface area contributed by atoms with Gasteiger partial charge in [-0.1, -0.05) is 42.6 Å². The average molecular weight is 437 g/mol. The predicted octanol–water partition coefficient (Wildman–Crippen LogP) is 5.77. The molecule has 0 aliphatic heterocycles. The van der Waals surface area contributed by atoms with Crippen LogP contribution in [0, 0.1) is 0 Å². The molecule has 160 valence electrons. The molecule has 5 nitrogen and oxygen atoms in total. The first-order chi connectivity index (χ1) is 15.1. The molecule has 1 aromatic heterocycles. The molecule has 0 unspecified atom stereocenters. The highest BCUT2D eigenvalue weighted by molar-refractivity contribution is 6.30. The first kappa shape index (κ1) is 21.2. The normalized spacial score (nSPS) is 14.8. The molecule has 1 fully saturated rings. The Labute approximate surface area is 187 Å². The van der Waals surface area contributed by atoms with Crippen molar-refractivity contribution in [1.29, 1.82) is 0 Å². The SMILES string of the molecule is COc1ccc(NC(=O)C2(c3cccc(Cl)c3)CCCC2)cc1OCc1cccnc1. The Kier molecular flexibility index (Phi) is 6.42. The lowest BCUT2D eigenvalue weighted by Gasteiger charge is -2.28. The molecule has 0 radical (unpaired) electrons. The van der Waals surface area contributed by atoms with E-state index in [1.807, 2.05) is 42.5 Å². The van der Waals surface area contributed by atoms with E-state index >= 15 is 0 Å². The molecule has 1 N–H and O–H groups in total. The van der Waals surface area contributed by atoms with E-state index in [-0.39, 0.29) is 5.91 Å². The molecule has 1 amide bonds. The maximum Gasteiger partial charge on any atom is 0.235 e. The van der Waals surface area contributed by atoms with E-state index in [9.17, 15) is 4.79 Å². The van der Waals surface area contributed by atoms with Gasteiger partial charge in [0.1, 0.15) is 6.61 Å². The fraction of sp³-hybridized carbons (Fsp3) is 0.280. The van der Waals surface area contributed by atoms with Crippen LogP contribution >= 0.6 is 11.6 Å². The summed E-state index contributed by atoms with van der Waals surface area (Å²) >= 11 is 6.22. The van der Waals surface area contributed by atoms with Crippen LogP contribution in [0.1, 0.15) is 36.8 Å². The number of rotatable bonds is 7. The van der Waals surface area contributed by atoms with Crippen LogP contribution in [-0.2, 0) is 16.8 Å². The predicted molar refractivity (Wildman–Crippen MR) is 122 cm³/mol. The summed E-state index contributed by atoms with van der Waals surface area (Å²) in [5.41, 5.74) is 2.02. The highest BCUT2D eigenvalue weighted by atomic mass is 35.5. The highest BCUT2D eigenvalue weighted by Crippen LogP contribution is 2.43. The van der Waals surface area contributed by atoms with Gasteiger partial charge in [-0.05, 0) is 48.7 Å². The monoisotopic (exact) mass is 436 g/mol. The van der Waals surface area contributed by atoms with Crippen LogP contribution in [0.25, 0.3) is 0 Å². The number of aromatic nitrogens is 1. The van der Waals surface area contributed by atoms with E-state index in [1.165, 1.54) is 0 Å². The van der Waals surface area contributed by atoms with Crippen molar-refractivity contribution in [2.45, 2.75) is 37.7 Å². The summed E-state index contributed by atoms with van der Waals surface area (Å²) in [7, 11) is 1.59. The van der Waals surface area contributed by atoms with E-state index in [2.05, 4.69) is 10.3 Å². The lowest BCUT2D eigenvalue weighted by Crippen LogP contribution is -2.38.